The number of morpholine rings is 1. The fourth-order valence-corrected chi connectivity index (χ4v) is 2.77. The topological polar surface area (TPSA) is 67.6 Å². The monoisotopic (exact) mass is 325 g/mol. The highest BCUT2D eigenvalue weighted by molar-refractivity contribution is 5.95. The van der Waals surface area contributed by atoms with Crippen LogP contribution in [0.4, 0.5) is 11.4 Å². The Kier molecular flexibility index (Phi) is 5.46. The Morgan fingerprint density at radius 1 is 1.08 bits per heavy atom. The molecule has 126 valence electrons. The average molecular weight is 325 g/mol. The molecule has 1 fully saturated rings. The van der Waals surface area contributed by atoms with Gasteiger partial charge in [-0.05, 0) is 36.2 Å². The number of carbonyl (C=O) groups is 1. The van der Waals surface area contributed by atoms with Crippen molar-refractivity contribution in [3.05, 3.63) is 60.2 Å². The smallest absolute Gasteiger partial charge is 0.241 e. The third-order valence-corrected chi connectivity index (χ3v) is 4.15. The molecule has 2 aromatic rings. The second-order valence-corrected chi connectivity index (χ2v) is 5.93. The molecule has 0 bridgehead atoms. The number of hydrogen-bond acceptors (Lipinski definition) is 4. The summed E-state index contributed by atoms with van der Waals surface area (Å²) in [5.74, 6) is -0.169. The summed E-state index contributed by atoms with van der Waals surface area (Å²) in [5.41, 5.74) is 8.98. The summed E-state index contributed by atoms with van der Waals surface area (Å²) in [7, 11) is 0. The normalized spacial score (nSPS) is 15.8. The van der Waals surface area contributed by atoms with Gasteiger partial charge in [0.15, 0.2) is 0 Å². The van der Waals surface area contributed by atoms with Gasteiger partial charge in [-0.3, -0.25) is 4.79 Å². The quantitative estimate of drug-likeness (QED) is 0.883. The fourth-order valence-electron chi connectivity index (χ4n) is 2.77. The molecule has 24 heavy (non-hydrogen) atoms. The number of ether oxygens (including phenoxy) is 1. The lowest BCUT2D eigenvalue weighted by molar-refractivity contribution is -0.117. The van der Waals surface area contributed by atoms with E-state index in [4.69, 9.17) is 10.5 Å². The van der Waals surface area contributed by atoms with Crippen LogP contribution in [0.5, 0.6) is 0 Å². The van der Waals surface area contributed by atoms with E-state index in [1.165, 1.54) is 0 Å². The van der Waals surface area contributed by atoms with Gasteiger partial charge >= 0.3 is 0 Å². The van der Waals surface area contributed by atoms with E-state index in [2.05, 4.69) is 10.2 Å². The van der Waals surface area contributed by atoms with Gasteiger partial charge in [-0.25, -0.2) is 0 Å². The van der Waals surface area contributed by atoms with Gasteiger partial charge in [0.1, 0.15) is 0 Å². The van der Waals surface area contributed by atoms with E-state index in [0.717, 1.165) is 43.2 Å². The minimum atomic E-state index is -0.564. The van der Waals surface area contributed by atoms with Crippen molar-refractivity contribution in [2.45, 2.75) is 12.5 Å². The van der Waals surface area contributed by atoms with Gasteiger partial charge in [0.2, 0.25) is 5.91 Å². The van der Waals surface area contributed by atoms with Gasteiger partial charge in [-0.15, -0.1) is 0 Å². The zero-order chi connectivity index (χ0) is 16.8. The Morgan fingerprint density at radius 2 is 1.75 bits per heavy atom. The van der Waals surface area contributed by atoms with Crippen molar-refractivity contribution >= 4 is 17.3 Å². The van der Waals surface area contributed by atoms with Crippen LogP contribution in [0.25, 0.3) is 0 Å². The number of amides is 1. The van der Waals surface area contributed by atoms with Crippen molar-refractivity contribution in [3.63, 3.8) is 0 Å². The van der Waals surface area contributed by atoms with Crippen LogP contribution in [0.3, 0.4) is 0 Å². The molecule has 1 aliphatic heterocycles. The first-order valence-corrected chi connectivity index (χ1v) is 8.25. The summed E-state index contributed by atoms with van der Waals surface area (Å²) in [6.45, 7) is 3.31. The van der Waals surface area contributed by atoms with E-state index < -0.39 is 6.04 Å². The highest BCUT2D eigenvalue weighted by Crippen LogP contribution is 2.19. The van der Waals surface area contributed by atoms with Crippen molar-refractivity contribution < 1.29 is 9.53 Å². The molecule has 1 saturated heterocycles. The molecule has 0 saturated carbocycles. The number of nitrogens with two attached hydrogens (primary N) is 1. The van der Waals surface area contributed by atoms with Crippen LogP contribution in [0.1, 0.15) is 5.56 Å². The standard InChI is InChI=1S/C19H23N3O2/c20-18(14-15-4-2-1-3-5-15)19(23)21-16-6-8-17(9-7-16)22-10-12-24-13-11-22/h1-9,18H,10-14,20H2,(H,21,23)/t18-/m0/s1. The third-order valence-electron chi connectivity index (χ3n) is 4.15. The average Bonchev–Trinajstić information content (AvgIpc) is 2.64. The van der Waals surface area contributed by atoms with Crippen LogP contribution >= 0.6 is 0 Å². The summed E-state index contributed by atoms with van der Waals surface area (Å²) >= 11 is 0. The Labute approximate surface area is 142 Å². The molecule has 1 heterocycles. The molecule has 0 aliphatic carbocycles. The van der Waals surface area contributed by atoms with Crippen molar-refractivity contribution in [3.8, 4) is 0 Å². The number of nitrogens with zero attached hydrogens (tertiary/aromatic N) is 1. The highest BCUT2D eigenvalue weighted by atomic mass is 16.5. The Bertz CT molecular complexity index is 652. The molecular formula is C19H23N3O2. The van der Waals surface area contributed by atoms with Crippen LogP contribution in [-0.2, 0) is 16.0 Å². The lowest BCUT2D eigenvalue weighted by atomic mass is 10.1. The van der Waals surface area contributed by atoms with Crippen LogP contribution in [0, 0.1) is 0 Å². The molecule has 2 aromatic carbocycles. The molecule has 0 spiro atoms. The van der Waals surface area contributed by atoms with Crippen LogP contribution < -0.4 is 16.0 Å². The second-order valence-electron chi connectivity index (χ2n) is 5.93. The third kappa shape index (κ3) is 4.34. The summed E-state index contributed by atoms with van der Waals surface area (Å²) in [4.78, 5) is 14.5. The Balaban J connectivity index is 1.55. The number of rotatable bonds is 5. The first-order chi connectivity index (χ1) is 11.7. The highest BCUT2D eigenvalue weighted by Gasteiger charge is 2.15. The molecule has 1 aliphatic rings. The maximum atomic E-state index is 12.2. The van der Waals surface area contributed by atoms with Gasteiger partial charge in [0.25, 0.3) is 0 Å². The molecule has 5 heteroatoms. The molecule has 5 nitrogen and oxygen atoms in total. The predicted octanol–water partition coefficient (Wildman–Crippen LogP) is 2.03. The lowest BCUT2D eigenvalue weighted by Gasteiger charge is -2.28. The summed E-state index contributed by atoms with van der Waals surface area (Å²) in [6, 6.07) is 17.1. The van der Waals surface area contributed by atoms with Crippen molar-refractivity contribution in [2.24, 2.45) is 5.73 Å². The predicted molar refractivity (Wildman–Crippen MR) is 96.2 cm³/mol. The van der Waals surface area contributed by atoms with E-state index in [1.807, 2.05) is 54.6 Å². The zero-order valence-corrected chi connectivity index (χ0v) is 13.7. The van der Waals surface area contributed by atoms with E-state index in [9.17, 15) is 4.79 Å². The molecule has 3 N–H and O–H groups in total. The largest absolute Gasteiger partial charge is 0.378 e. The molecule has 1 amide bonds. The van der Waals surface area contributed by atoms with E-state index >= 15 is 0 Å². The zero-order valence-electron chi connectivity index (χ0n) is 13.7. The van der Waals surface area contributed by atoms with Gasteiger partial charge in [-0.2, -0.15) is 0 Å². The summed E-state index contributed by atoms with van der Waals surface area (Å²) < 4.78 is 5.36. The molecule has 1 atom stereocenters. The summed E-state index contributed by atoms with van der Waals surface area (Å²) in [5, 5.41) is 2.88. The van der Waals surface area contributed by atoms with Crippen LogP contribution in [-0.4, -0.2) is 38.3 Å². The molecule has 0 radical (unpaired) electrons. The van der Waals surface area contributed by atoms with Crippen molar-refractivity contribution in [2.75, 3.05) is 36.5 Å². The fraction of sp³-hybridized carbons (Fsp3) is 0.316. The second kappa shape index (κ2) is 7.95. The van der Waals surface area contributed by atoms with Crippen molar-refractivity contribution in [1.82, 2.24) is 0 Å². The van der Waals surface area contributed by atoms with Crippen LogP contribution in [0.15, 0.2) is 54.6 Å². The number of carbonyl (C=O) groups excluding carboxylic acids is 1. The number of anilines is 2. The van der Waals surface area contributed by atoms with E-state index in [0.29, 0.717) is 6.42 Å². The first-order valence-electron chi connectivity index (χ1n) is 8.25. The van der Waals surface area contributed by atoms with Crippen LogP contribution in [0.2, 0.25) is 0 Å². The Hall–Kier alpha value is -2.37. The maximum absolute atomic E-state index is 12.2. The van der Waals surface area contributed by atoms with Gasteiger partial charge in [0, 0.05) is 24.5 Å². The number of hydrogen-bond donors (Lipinski definition) is 2. The Morgan fingerprint density at radius 3 is 2.42 bits per heavy atom. The van der Waals surface area contributed by atoms with Gasteiger partial charge < -0.3 is 20.7 Å². The molecule has 3 rings (SSSR count). The lowest BCUT2D eigenvalue weighted by Crippen LogP contribution is -2.37. The maximum Gasteiger partial charge on any atom is 0.241 e. The molecular weight excluding hydrogens is 302 g/mol. The summed E-state index contributed by atoms with van der Waals surface area (Å²) in [6.07, 6.45) is 0.526. The number of benzene rings is 2. The number of nitrogens with one attached hydrogen (secondary N) is 1. The SMILES string of the molecule is N[C@@H](Cc1ccccc1)C(=O)Nc1ccc(N2CCOCC2)cc1. The van der Waals surface area contributed by atoms with E-state index in [-0.39, 0.29) is 5.91 Å². The van der Waals surface area contributed by atoms with E-state index in [1.54, 1.807) is 0 Å². The molecule has 0 unspecified atom stereocenters. The molecule has 0 aromatic heterocycles. The minimum absolute atomic E-state index is 0.169. The first kappa shape index (κ1) is 16.5. The van der Waals surface area contributed by atoms with Crippen molar-refractivity contribution in [1.29, 1.82) is 0 Å². The minimum Gasteiger partial charge on any atom is -0.378 e. The van der Waals surface area contributed by atoms with Gasteiger partial charge in [-0.1, -0.05) is 30.3 Å². The van der Waals surface area contributed by atoms with Gasteiger partial charge in [0.05, 0.1) is 19.3 Å².